The summed E-state index contributed by atoms with van der Waals surface area (Å²) in [4.78, 5) is 11.2. The first-order chi connectivity index (χ1) is 5.79. The summed E-state index contributed by atoms with van der Waals surface area (Å²) in [6.07, 6.45) is 0. The van der Waals surface area contributed by atoms with Crippen LogP contribution in [0.15, 0.2) is 0 Å². The standard InChI is InChI=1S/C6H7FN2O2S/c1-2-11-6(10)5-4(3-7)12-9-8-5/h2-3H2,1H3. The molecular weight excluding hydrogens is 183 g/mol. The maximum absolute atomic E-state index is 12.1. The van der Waals surface area contributed by atoms with Crippen molar-refractivity contribution < 1.29 is 13.9 Å². The second kappa shape index (κ2) is 4.10. The minimum Gasteiger partial charge on any atom is -0.461 e. The van der Waals surface area contributed by atoms with Crippen LogP contribution in [0.2, 0.25) is 0 Å². The van der Waals surface area contributed by atoms with E-state index in [1.165, 1.54) is 0 Å². The first kappa shape index (κ1) is 9.05. The number of carbonyl (C=O) groups excluding carboxylic acids is 1. The Morgan fingerprint density at radius 1 is 1.75 bits per heavy atom. The first-order valence-corrected chi connectivity index (χ1v) is 4.11. The summed E-state index contributed by atoms with van der Waals surface area (Å²) in [7, 11) is 0. The van der Waals surface area contributed by atoms with Gasteiger partial charge in [0.05, 0.1) is 11.5 Å². The molecule has 0 saturated carbocycles. The van der Waals surface area contributed by atoms with Gasteiger partial charge in [0.2, 0.25) is 0 Å². The molecule has 0 saturated heterocycles. The third-order valence-electron chi connectivity index (χ3n) is 1.15. The van der Waals surface area contributed by atoms with Crippen LogP contribution in [0.1, 0.15) is 22.3 Å². The van der Waals surface area contributed by atoms with Crippen LogP contribution in [0.5, 0.6) is 0 Å². The zero-order chi connectivity index (χ0) is 8.97. The van der Waals surface area contributed by atoms with Gasteiger partial charge in [0.25, 0.3) is 0 Å². The lowest BCUT2D eigenvalue weighted by molar-refractivity contribution is 0.0517. The molecule has 0 fully saturated rings. The van der Waals surface area contributed by atoms with Crippen molar-refractivity contribution in [2.75, 3.05) is 6.61 Å². The molecule has 0 amide bonds. The minimum absolute atomic E-state index is 0.00986. The molecule has 12 heavy (non-hydrogen) atoms. The molecule has 0 N–H and O–H groups in total. The zero-order valence-electron chi connectivity index (χ0n) is 6.41. The van der Waals surface area contributed by atoms with Crippen molar-refractivity contribution >= 4 is 17.5 Å². The van der Waals surface area contributed by atoms with Crippen molar-refractivity contribution in [3.8, 4) is 0 Å². The van der Waals surface area contributed by atoms with Crippen LogP contribution in [0.4, 0.5) is 4.39 Å². The number of ether oxygens (including phenoxy) is 1. The average molecular weight is 190 g/mol. The van der Waals surface area contributed by atoms with Crippen LogP contribution >= 0.6 is 11.5 Å². The second-order valence-corrected chi connectivity index (χ2v) is 2.74. The number of rotatable bonds is 3. The number of hydrogen-bond acceptors (Lipinski definition) is 5. The van der Waals surface area contributed by atoms with Crippen LogP contribution in [-0.4, -0.2) is 22.2 Å². The molecule has 0 bridgehead atoms. The third-order valence-corrected chi connectivity index (χ3v) is 1.83. The largest absolute Gasteiger partial charge is 0.461 e. The van der Waals surface area contributed by atoms with E-state index in [4.69, 9.17) is 0 Å². The quantitative estimate of drug-likeness (QED) is 0.671. The number of carbonyl (C=O) groups is 1. The molecule has 0 unspecified atom stereocenters. The van der Waals surface area contributed by atoms with Crippen LogP contribution in [0, 0.1) is 0 Å². The summed E-state index contributed by atoms with van der Waals surface area (Å²) in [5, 5.41) is 3.46. The van der Waals surface area contributed by atoms with Gasteiger partial charge in [0.15, 0.2) is 5.69 Å². The molecule has 0 aliphatic heterocycles. The zero-order valence-corrected chi connectivity index (χ0v) is 7.23. The van der Waals surface area contributed by atoms with E-state index in [0.717, 1.165) is 11.5 Å². The summed E-state index contributed by atoms with van der Waals surface area (Å²) in [5.74, 6) is -0.612. The van der Waals surface area contributed by atoms with Crippen molar-refractivity contribution in [2.45, 2.75) is 13.6 Å². The fraction of sp³-hybridized carbons (Fsp3) is 0.500. The van der Waals surface area contributed by atoms with Crippen molar-refractivity contribution in [3.05, 3.63) is 10.6 Å². The number of halogens is 1. The fourth-order valence-corrected chi connectivity index (χ4v) is 1.13. The van der Waals surface area contributed by atoms with Gasteiger partial charge in [-0.2, -0.15) is 0 Å². The van der Waals surface area contributed by atoms with Crippen molar-refractivity contribution in [2.24, 2.45) is 0 Å². The highest BCUT2D eigenvalue weighted by molar-refractivity contribution is 7.05. The van der Waals surface area contributed by atoms with Gasteiger partial charge in [-0.15, -0.1) is 5.10 Å². The topological polar surface area (TPSA) is 52.1 Å². The lowest BCUT2D eigenvalue weighted by Gasteiger charge is -1.97. The van der Waals surface area contributed by atoms with E-state index < -0.39 is 12.6 Å². The van der Waals surface area contributed by atoms with E-state index >= 15 is 0 Å². The molecule has 1 aromatic rings. The van der Waals surface area contributed by atoms with E-state index in [1.807, 2.05) is 0 Å². The van der Waals surface area contributed by atoms with Crippen LogP contribution in [-0.2, 0) is 11.4 Å². The van der Waals surface area contributed by atoms with Crippen LogP contribution in [0.25, 0.3) is 0 Å². The van der Waals surface area contributed by atoms with Crippen LogP contribution < -0.4 is 0 Å². The van der Waals surface area contributed by atoms with Crippen LogP contribution in [0.3, 0.4) is 0 Å². The highest BCUT2D eigenvalue weighted by atomic mass is 32.1. The Balaban J connectivity index is 2.79. The normalized spacial score (nSPS) is 9.83. The van der Waals surface area contributed by atoms with Gasteiger partial charge in [-0.25, -0.2) is 9.18 Å². The smallest absolute Gasteiger partial charge is 0.360 e. The van der Waals surface area contributed by atoms with Gasteiger partial charge >= 0.3 is 5.97 Å². The van der Waals surface area contributed by atoms with Gasteiger partial charge in [0.1, 0.15) is 6.67 Å². The Morgan fingerprint density at radius 3 is 3.08 bits per heavy atom. The highest BCUT2D eigenvalue weighted by Crippen LogP contribution is 2.12. The number of alkyl halides is 1. The summed E-state index contributed by atoms with van der Waals surface area (Å²) in [6, 6.07) is 0. The fourth-order valence-electron chi connectivity index (χ4n) is 0.651. The van der Waals surface area contributed by atoms with E-state index in [2.05, 4.69) is 14.3 Å². The molecule has 6 heteroatoms. The predicted octanol–water partition coefficient (Wildman–Crippen LogP) is 1.18. The molecule has 0 spiro atoms. The first-order valence-electron chi connectivity index (χ1n) is 3.34. The average Bonchev–Trinajstić information content (AvgIpc) is 2.51. The number of hydrogen-bond donors (Lipinski definition) is 0. The number of esters is 1. The molecule has 1 heterocycles. The maximum Gasteiger partial charge on any atom is 0.360 e. The second-order valence-electron chi connectivity index (χ2n) is 1.90. The molecule has 0 aliphatic rings. The van der Waals surface area contributed by atoms with E-state index in [-0.39, 0.29) is 17.2 Å². The van der Waals surface area contributed by atoms with Crippen molar-refractivity contribution in [1.29, 1.82) is 0 Å². The van der Waals surface area contributed by atoms with Crippen molar-refractivity contribution in [3.63, 3.8) is 0 Å². The lowest BCUT2D eigenvalue weighted by atomic mass is 10.4. The molecule has 0 aromatic carbocycles. The Hall–Kier alpha value is -1.04. The lowest BCUT2D eigenvalue weighted by Crippen LogP contribution is -2.07. The molecular formula is C6H7FN2O2S. The maximum atomic E-state index is 12.1. The van der Waals surface area contributed by atoms with Gasteiger partial charge in [-0.1, -0.05) is 4.49 Å². The predicted molar refractivity (Wildman–Crippen MR) is 40.7 cm³/mol. The highest BCUT2D eigenvalue weighted by Gasteiger charge is 2.16. The van der Waals surface area contributed by atoms with Crippen molar-refractivity contribution in [1.82, 2.24) is 9.59 Å². The van der Waals surface area contributed by atoms with Gasteiger partial charge in [-0.3, -0.25) is 0 Å². The molecule has 0 aliphatic carbocycles. The Kier molecular flexibility index (Phi) is 3.09. The summed E-state index contributed by atoms with van der Waals surface area (Å²) < 4.78 is 20.2. The number of aromatic nitrogens is 2. The number of nitrogens with zero attached hydrogens (tertiary/aromatic N) is 2. The summed E-state index contributed by atoms with van der Waals surface area (Å²) in [6.45, 7) is 1.20. The Morgan fingerprint density at radius 2 is 2.50 bits per heavy atom. The minimum atomic E-state index is -0.730. The Labute approximate surface area is 72.5 Å². The van der Waals surface area contributed by atoms with E-state index in [9.17, 15) is 9.18 Å². The van der Waals surface area contributed by atoms with E-state index in [1.54, 1.807) is 6.92 Å². The molecule has 4 nitrogen and oxygen atoms in total. The molecule has 1 aromatic heterocycles. The SMILES string of the molecule is CCOC(=O)c1nnsc1CF. The molecule has 1 rings (SSSR count). The third kappa shape index (κ3) is 1.76. The molecule has 0 atom stereocenters. The summed E-state index contributed by atoms with van der Waals surface area (Å²) >= 11 is 0.867. The monoisotopic (exact) mass is 190 g/mol. The Bertz CT molecular complexity index is 276. The van der Waals surface area contributed by atoms with Gasteiger partial charge in [0, 0.05) is 0 Å². The molecule has 0 radical (unpaired) electrons. The van der Waals surface area contributed by atoms with E-state index in [0.29, 0.717) is 0 Å². The van der Waals surface area contributed by atoms with Gasteiger partial charge < -0.3 is 4.74 Å². The molecule has 66 valence electrons. The van der Waals surface area contributed by atoms with Gasteiger partial charge in [-0.05, 0) is 18.5 Å². The summed E-state index contributed by atoms with van der Waals surface area (Å²) in [5.41, 5.74) is -0.00986.